The Morgan fingerprint density at radius 1 is 1.30 bits per heavy atom. The fourth-order valence-corrected chi connectivity index (χ4v) is 1.08. The van der Waals surface area contributed by atoms with Crippen molar-refractivity contribution >= 4 is 45.2 Å². The van der Waals surface area contributed by atoms with Crippen LogP contribution < -0.4 is 0 Å². The summed E-state index contributed by atoms with van der Waals surface area (Å²) in [5, 5.41) is 25.9. The molecule has 0 heterocycles. The smallest absolute Gasteiger partial charge is 0.311 e. The van der Waals surface area contributed by atoms with Gasteiger partial charge in [0, 0.05) is 3.58 Å². The molecule has 0 atom stereocenters. The van der Waals surface area contributed by atoms with Crippen molar-refractivity contribution in [2.24, 2.45) is 0 Å². The summed E-state index contributed by atoms with van der Waals surface area (Å²) in [4.78, 5) is 0. The fraction of sp³-hybridized carbons (Fsp3) is 0.600. The number of aliphatic hydroxyl groups is 3. The van der Waals surface area contributed by atoms with Gasteiger partial charge in [0.15, 0.2) is 0 Å². The highest BCUT2D eigenvalue weighted by Gasteiger charge is 2.24. The minimum absolute atomic E-state index is 0.160. The molecule has 0 rings (SSSR count). The van der Waals surface area contributed by atoms with Crippen LogP contribution in [0.15, 0.2) is 7.16 Å². The van der Waals surface area contributed by atoms with Crippen molar-refractivity contribution in [3.63, 3.8) is 0 Å². The SMILES string of the molecule is CC/C(I)=C(\I)C(O)(O)O. The van der Waals surface area contributed by atoms with Crippen LogP contribution in [0, 0.1) is 0 Å². The molecule has 3 nitrogen and oxygen atoms in total. The summed E-state index contributed by atoms with van der Waals surface area (Å²) in [6.07, 6.45) is 0.683. The molecule has 0 bridgehead atoms. The lowest BCUT2D eigenvalue weighted by Gasteiger charge is -2.14. The van der Waals surface area contributed by atoms with Crippen molar-refractivity contribution in [1.82, 2.24) is 0 Å². The molecule has 0 aromatic heterocycles. The Morgan fingerprint density at radius 2 is 1.70 bits per heavy atom. The summed E-state index contributed by atoms with van der Waals surface area (Å²) in [5.74, 6) is -2.66. The zero-order chi connectivity index (χ0) is 8.36. The molecule has 0 aromatic carbocycles. The molecule has 60 valence electrons. The number of hydrogen-bond acceptors (Lipinski definition) is 3. The van der Waals surface area contributed by atoms with E-state index in [1.54, 1.807) is 22.6 Å². The fourth-order valence-electron chi connectivity index (χ4n) is 0.337. The van der Waals surface area contributed by atoms with E-state index < -0.39 is 5.97 Å². The third-order valence-corrected chi connectivity index (χ3v) is 4.55. The van der Waals surface area contributed by atoms with E-state index in [9.17, 15) is 0 Å². The normalized spacial score (nSPS) is 15.0. The molecule has 5 heteroatoms. The van der Waals surface area contributed by atoms with Gasteiger partial charge in [-0.2, -0.15) is 0 Å². The molecular weight excluding hydrogens is 362 g/mol. The van der Waals surface area contributed by atoms with Crippen LogP contribution in [0.5, 0.6) is 0 Å². The first-order chi connectivity index (χ1) is 4.39. The molecule has 0 aliphatic rings. The van der Waals surface area contributed by atoms with Crippen LogP contribution in [-0.2, 0) is 0 Å². The van der Waals surface area contributed by atoms with E-state index >= 15 is 0 Å². The molecule has 0 radical (unpaired) electrons. The Bertz CT molecular complexity index is 147. The molecule has 0 fully saturated rings. The lowest BCUT2D eigenvalue weighted by Crippen LogP contribution is -2.27. The summed E-state index contributed by atoms with van der Waals surface area (Å²) in [6, 6.07) is 0. The quantitative estimate of drug-likeness (QED) is 0.505. The van der Waals surface area contributed by atoms with Crippen LogP contribution in [0.2, 0.25) is 0 Å². The molecule has 0 amide bonds. The largest absolute Gasteiger partial charge is 0.339 e. The Kier molecular flexibility index (Phi) is 4.64. The van der Waals surface area contributed by atoms with Crippen LogP contribution in [0.1, 0.15) is 13.3 Å². The number of halogens is 2. The van der Waals surface area contributed by atoms with E-state index in [4.69, 9.17) is 15.3 Å². The van der Waals surface area contributed by atoms with E-state index in [0.717, 1.165) is 3.58 Å². The molecule has 0 spiro atoms. The highest BCUT2D eigenvalue weighted by atomic mass is 127. The Labute approximate surface area is 86.4 Å². The molecule has 10 heavy (non-hydrogen) atoms. The maximum Gasteiger partial charge on any atom is 0.311 e. The first-order valence-corrected chi connectivity index (χ1v) is 4.77. The van der Waals surface area contributed by atoms with Gasteiger partial charge in [-0.25, -0.2) is 0 Å². The van der Waals surface area contributed by atoms with Crippen molar-refractivity contribution in [2.45, 2.75) is 19.3 Å². The summed E-state index contributed by atoms with van der Waals surface area (Å²) in [5.41, 5.74) is 0. The molecule has 3 N–H and O–H groups in total. The topological polar surface area (TPSA) is 60.7 Å². The van der Waals surface area contributed by atoms with Gasteiger partial charge in [-0.3, -0.25) is 0 Å². The molecule has 0 saturated carbocycles. The Hall–Kier alpha value is 1.08. The third-order valence-electron chi connectivity index (χ3n) is 0.843. The third kappa shape index (κ3) is 3.46. The van der Waals surface area contributed by atoms with Crippen LogP contribution in [0.4, 0.5) is 0 Å². The van der Waals surface area contributed by atoms with Crippen molar-refractivity contribution < 1.29 is 15.3 Å². The second-order valence-electron chi connectivity index (χ2n) is 1.71. The number of rotatable bonds is 2. The van der Waals surface area contributed by atoms with E-state index in [1.165, 1.54) is 0 Å². The average molecular weight is 370 g/mol. The van der Waals surface area contributed by atoms with Crippen LogP contribution >= 0.6 is 45.2 Å². The zero-order valence-corrected chi connectivity index (χ0v) is 9.62. The second-order valence-corrected chi connectivity index (χ2v) is 4.09. The van der Waals surface area contributed by atoms with Gasteiger partial charge in [0.05, 0.1) is 3.58 Å². The molecule has 0 aliphatic carbocycles. The molecule has 0 aromatic rings. The van der Waals surface area contributed by atoms with Gasteiger partial charge < -0.3 is 15.3 Å². The van der Waals surface area contributed by atoms with E-state index in [-0.39, 0.29) is 3.58 Å². The van der Waals surface area contributed by atoms with Gasteiger partial charge in [0.2, 0.25) is 0 Å². The van der Waals surface area contributed by atoms with E-state index in [0.29, 0.717) is 6.42 Å². The van der Waals surface area contributed by atoms with E-state index in [2.05, 4.69) is 0 Å². The highest BCUT2D eigenvalue weighted by Crippen LogP contribution is 2.28. The standard InChI is InChI=1S/C5H8I2O3/c1-2-3(6)4(7)5(8,9)10/h8-10H,2H2,1H3/b4-3+. The van der Waals surface area contributed by atoms with Gasteiger partial charge in [-0.05, 0) is 51.6 Å². The summed E-state index contributed by atoms with van der Waals surface area (Å²) in [6.45, 7) is 1.87. The predicted molar refractivity (Wildman–Crippen MR) is 54.7 cm³/mol. The maximum atomic E-state index is 8.63. The monoisotopic (exact) mass is 370 g/mol. The van der Waals surface area contributed by atoms with Crippen LogP contribution in [0.3, 0.4) is 0 Å². The van der Waals surface area contributed by atoms with Crippen LogP contribution in [0.25, 0.3) is 0 Å². The lowest BCUT2D eigenvalue weighted by atomic mass is 10.4. The van der Waals surface area contributed by atoms with Crippen LogP contribution in [-0.4, -0.2) is 21.3 Å². The van der Waals surface area contributed by atoms with Gasteiger partial charge in [0.25, 0.3) is 0 Å². The molecule has 0 aliphatic heterocycles. The van der Waals surface area contributed by atoms with Crippen molar-refractivity contribution in [1.29, 1.82) is 0 Å². The maximum absolute atomic E-state index is 8.63. The second kappa shape index (κ2) is 4.19. The zero-order valence-electron chi connectivity index (χ0n) is 5.30. The lowest BCUT2D eigenvalue weighted by molar-refractivity contribution is -0.275. The number of hydrogen-bond donors (Lipinski definition) is 3. The van der Waals surface area contributed by atoms with Crippen molar-refractivity contribution in [3.8, 4) is 0 Å². The summed E-state index contributed by atoms with van der Waals surface area (Å²) in [7, 11) is 0. The van der Waals surface area contributed by atoms with Crippen molar-refractivity contribution in [3.05, 3.63) is 7.16 Å². The van der Waals surface area contributed by atoms with Crippen molar-refractivity contribution in [2.75, 3.05) is 0 Å². The first kappa shape index (κ1) is 11.1. The summed E-state index contributed by atoms with van der Waals surface area (Å²) < 4.78 is 0.902. The van der Waals surface area contributed by atoms with Gasteiger partial charge in [-0.15, -0.1) is 0 Å². The average Bonchev–Trinajstić information content (AvgIpc) is 1.83. The Balaban J connectivity index is 4.47. The molecule has 0 unspecified atom stereocenters. The first-order valence-electron chi connectivity index (χ1n) is 2.61. The highest BCUT2D eigenvalue weighted by molar-refractivity contribution is 14.1. The molecule has 0 saturated heterocycles. The van der Waals surface area contributed by atoms with Gasteiger partial charge in [0.1, 0.15) is 0 Å². The summed E-state index contributed by atoms with van der Waals surface area (Å²) >= 11 is 3.65. The predicted octanol–water partition coefficient (Wildman–Crippen LogP) is 1.11. The van der Waals surface area contributed by atoms with Gasteiger partial charge in [-0.1, -0.05) is 6.92 Å². The number of allylic oxidation sites excluding steroid dienone is 1. The van der Waals surface area contributed by atoms with E-state index in [1.807, 2.05) is 29.5 Å². The molecular formula is C5H8I2O3. The minimum Gasteiger partial charge on any atom is -0.339 e. The Morgan fingerprint density at radius 3 is 1.80 bits per heavy atom. The van der Waals surface area contributed by atoms with Gasteiger partial charge >= 0.3 is 5.97 Å². The minimum atomic E-state index is -2.66.